The van der Waals surface area contributed by atoms with Crippen LogP contribution in [0, 0.1) is 0 Å². The topological polar surface area (TPSA) is 45.2 Å². The Labute approximate surface area is 151 Å². The van der Waals surface area contributed by atoms with Crippen molar-refractivity contribution < 1.29 is 0 Å². The van der Waals surface area contributed by atoms with Gasteiger partial charge in [-0.15, -0.1) is 0 Å². The molecule has 1 saturated heterocycles. The summed E-state index contributed by atoms with van der Waals surface area (Å²) < 4.78 is 1.26. The van der Waals surface area contributed by atoms with E-state index in [-0.39, 0.29) is 0 Å². The summed E-state index contributed by atoms with van der Waals surface area (Å²) in [5.41, 5.74) is 1.10. The van der Waals surface area contributed by atoms with E-state index in [2.05, 4.69) is 46.1 Å². The first kappa shape index (κ1) is 15.1. The summed E-state index contributed by atoms with van der Waals surface area (Å²) in [4.78, 5) is 18.8. The van der Waals surface area contributed by atoms with E-state index in [0.29, 0.717) is 12.0 Å². The van der Waals surface area contributed by atoms with Gasteiger partial charge in [0.15, 0.2) is 5.13 Å². The van der Waals surface area contributed by atoms with Crippen LogP contribution in [0.5, 0.6) is 0 Å². The van der Waals surface area contributed by atoms with E-state index in [1.165, 1.54) is 17.5 Å². The average molecular weight is 351 g/mol. The highest BCUT2D eigenvalue weighted by Crippen LogP contribution is 2.38. The number of likely N-dealkylation sites (N-methyl/N-ethyl adjacent to an activating group) is 1. The van der Waals surface area contributed by atoms with Crippen LogP contribution in [-0.2, 0) is 0 Å². The Balaban J connectivity index is 1.33. The van der Waals surface area contributed by atoms with Crippen molar-refractivity contribution in [2.75, 3.05) is 29.9 Å². The molecule has 0 spiro atoms. The molecular formula is C19H21N5S. The van der Waals surface area contributed by atoms with Crippen LogP contribution in [0.15, 0.2) is 36.5 Å². The van der Waals surface area contributed by atoms with E-state index < -0.39 is 0 Å². The molecule has 0 N–H and O–H groups in total. The molecule has 6 heteroatoms. The number of rotatable bonds is 4. The molecule has 0 bridgehead atoms. The van der Waals surface area contributed by atoms with Gasteiger partial charge in [-0.2, -0.15) is 0 Å². The molecule has 2 aromatic heterocycles. The molecule has 2 fully saturated rings. The Morgan fingerprint density at radius 2 is 2.00 bits per heavy atom. The molecule has 5 rings (SSSR count). The van der Waals surface area contributed by atoms with Gasteiger partial charge in [0.1, 0.15) is 11.6 Å². The van der Waals surface area contributed by atoms with Crippen LogP contribution in [0.3, 0.4) is 0 Å². The molecular weight excluding hydrogens is 330 g/mol. The summed E-state index contributed by atoms with van der Waals surface area (Å²) in [7, 11) is 2.16. The molecule has 5 nitrogen and oxygen atoms in total. The lowest BCUT2D eigenvalue weighted by atomic mass is 10.2. The normalized spacial score (nSPS) is 20.4. The first-order valence-electron chi connectivity index (χ1n) is 8.94. The van der Waals surface area contributed by atoms with Crippen molar-refractivity contribution in [2.45, 2.75) is 31.2 Å². The summed E-state index contributed by atoms with van der Waals surface area (Å²) in [6, 6.07) is 10.9. The third-order valence-electron chi connectivity index (χ3n) is 5.23. The number of hydrogen-bond acceptors (Lipinski definition) is 6. The van der Waals surface area contributed by atoms with Crippen molar-refractivity contribution in [1.29, 1.82) is 0 Å². The van der Waals surface area contributed by atoms with Crippen molar-refractivity contribution in [2.24, 2.45) is 0 Å². The second-order valence-corrected chi connectivity index (χ2v) is 8.02. The molecule has 25 heavy (non-hydrogen) atoms. The largest absolute Gasteiger partial charge is 0.355 e. The van der Waals surface area contributed by atoms with Gasteiger partial charge in [-0.3, -0.25) is 0 Å². The number of anilines is 2. The highest BCUT2D eigenvalue weighted by atomic mass is 32.1. The van der Waals surface area contributed by atoms with Gasteiger partial charge in [-0.25, -0.2) is 15.0 Å². The molecule has 3 aromatic rings. The first-order chi connectivity index (χ1) is 12.3. The van der Waals surface area contributed by atoms with E-state index in [1.807, 2.05) is 12.3 Å². The van der Waals surface area contributed by atoms with Crippen LogP contribution >= 0.6 is 11.3 Å². The van der Waals surface area contributed by atoms with E-state index in [1.54, 1.807) is 11.3 Å². The Kier molecular flexibility index (Phi) is 3.59. The number of nitrogens with zero attached hydrogens (tertiary/aromatic N) is 5. The second kappa shape index (κ2) is 5.95. The third-order valence-corrected chi connectivity index (χ3v) is 6.32. The maximum Gasteiger partial charge on any atom is 0.186 e. The van der Waals surface area contributed by atoms with Crippen LogP contribution in [-0.4, -0.2) is 41.1 Å². The minimum Gasteiger partial charge on any atom is -0.355 e. The highest BCUT2D eigenvalue weighted by Gasteiger charge is 2.30. The maximum absolute atomic E-state index is 4.81. The minimum absolute atomic E-state index is 0.467. The molecule has 3 heterocycles. The lowest BCUT2D eigenvalue weighted by molar-refractivity contribution is 0.680. The van der Waals surface area contributed by atoms with Gasteiger partial charge in [0.2, 0.25) is 0 Å². The Hall–Kier alpha value is -2.21. The number of aromatic nitrogens is 3. The molecule has 2 aliphatic rings. The number of thiazole rings is 1. The summed E-state index contributed by atoms with van der Waals surface area (Å²) in [5.74, 6) is 2.66. The number of benzene rings is 1. The van der Waals surface area contributed by atoms with Gasteiger partial charge in [-0.05, 0) is 37.5 Å². The SMILES string of the molecule is CN(c1ccnc(C2CC2)n1)C1CCN(c2nc3ccccc3s2)C1. The van der Waals surface area contributed by atoms with Crippen molar-refractivity contribution >= 4 is 32.5 Å². The summed E-state index contributed by atoms with van der Waals surface area (Å²) in [6.45, 7) is 2.05. The van der Waals surface area contributed by atoms with Gasteiger partial charge in [0.05, 0.1) is 10.2 Å². The van der Waals surface area contributed by atoms with Crippen molar-refractivity contribution in [3.05, 3.63) is 42.4 Å². The highest BCUT2D eigenvalue weighted by molar-refractivity contribution is 7.22. The Morgan fingerprint density at radius 3 is 2.84 bits per heavy atom. The Bertz CT molecular complexity index is 870. The van der Waals surface area contributed by atoms with Crippen LogP contribution in [0.25, 0.3) is 10.2 Å². The predicted octanol–water partition coefficient (Wildman–Crippen LogP) is 3.68. The van der Waals surface area contributed by atoms with E-state index >= 15 is 0 Å². The molecule has 128 valence electrons. The van der Waals surface area contributed by atoms with Crippen LogP contribution in [0.4, 0.5) is 10.9 Å². The molecule has 1 atom stereocenters. The molecule has 0 amide bonds. The van der Waals surface area contributed by atoms with Gasteiger partial charge >= 0.3 is 0 Å². The molecule has 0 radical (unpaired) electrons. The Morgan fingerprint density at radius 1 is 1.12 bits per heavy atom. The monoisotopic (exact) mass is 351 g/mol. The smallest absolute Gasteiger partial charge is 0.186 e. The van der Waals surface area contributed by atoms with E-state index in [0.717, 1.165) is 41.8 Å². The average Bonchev–Trinajstić information content (AvgIpc) is 3.23. The van der Waals surface area contributed by atoms with Gasteiger partial charge in [0.25, 0.3) is 0 Å². The minimum atomic E-state index is 0.467. The predicted molar refractivity (Wildman–Crippen MR) is 103 cm³/mol. The number of hydrogen-bond donors (Lipinski definition) is 0. The van der Waals surface area contributed by atoms with E-state index in [4.69, 9.17) is 9.97 Å². The van der Waals surface area contributed by atoms with E-state index in [9.17, 15) is 0 Å². The first-order valence-corrected chi connectivity index (χ1v) is 9.76. The third kappa shape index (κ3) is 2.84. The summed E-state index contributed by atoms with van der Waals surface area (Å²) in [6.07, 6.45) is 5.52. The molecule has 1 saturated carbocycles. The lowest BCUT2D eigenvalue weighted by Crippen LogP contribution is -2.35. The van der Waals surface area contributed by atoms with Crippen LogP contribution in [0.1, 0.15) is 31.0 Å². The van der Waals surface area contributed by atoms with Crippen molar-refractivity contribution in [1.82, 2.24) is 15.0 Å². The van der Waals surface area contributed by atoms with Crippen LogP contribution < -0.4 is 9.80 Å². The molecule has 1 aliphatic carbocycles. The zero-order valence-electron chi connectivity index (χ0n) is 14.3. The molecule has 1 aliphatic heterocycles. The molecule has 1 unspecified atom stereocenters. The lowest BCUT2D eigenvalue weighted by Gasteiger charge is -2.26. The van der Waals surface area contributed by atoms with Gasteiger partial charge in [-0.1, -0.05) is 23.5 Å². The zero-order chi connectivity index (χ0) is 16.8. The fourth-order valence-corrected chi connectivity index (χ4v) is 4.51. The fraction of sp³-hybridized carbons (Fsp3) is 0.421. The zero-order valence-corrected chi connectivity index (χ0v) is 15.1. The number of para-hydroxylation sites is 1. The summed E-state index contributed by atoms with van der Waals surface area (Å²) >= 11 is 1.79. The van der Waals surface area contributed by atoms with Crippen molar-refractivity contribution in [3.63, 3.8) is 0 Å². The van der Waals surface area contributed by atoms with Gasteiger partial charge < -0.3 is 9.80 Å². The van der Waals surface area contributed by atoms with Crippen LogP contribution in [0.2, 0.25) is 0 Å². The number of fused-ring (bicyclic) bond motifs is 1. The molecule has 1 aromatic carbocycles. The van der Waals surface area contributed by atoms with Gasteiger partial charge in [0, 0.05) is 38.3 Å². The maximum atomic E-state index is 4.81. The van der Waals surface area contributed by atoms with Crippen molar-refractivity contribution in [3.8, 4) is 0 Å². The standard InChI is InChI=1S/C19H21N5S/c1-23(17-8-10-20-18(22-17)13-6-7-13)14-9-11-24(12-14)19-21-15-4-2-3-5-16(15)25-19/h2-5,8,10,13-14H,6-7,9,11-12H2,1H3. The second-order valence-electron chi connectivity index (χ2n) is 7.01. The summed E-state index contributed by atoms with van der Waals surface area (Å²) in [5, 5.41) is 1.14. The fourth-order valence-electron chi connectivity index (χ4n) is 3.51. The quantitative estimate of drug-likeness (QED) is 0.717.